The average Bonchev–Trinajstić information content (AvgIpc) is 3.22. The first-order chi connectivity index (χ1) is 12.4. The van der Waals surface area contributed by atoms with E-state index < -0.39 is 6.04 Å². The van der Waals surface area contributed by atoms with Crippen LogP contribution in [0.3, 0.4) is 0 Å². The van der Waals surface area contributed by atoms with E-state index in [-0.39, 0.29) is 16.7 Å². The highest BCUT2D eigenvalue weighted by molar-refractivity contribution is 8.01. The summed E-state index contributed by atoms with van der Waals surface area (Å²) in [7, 11) is 0. The normalized spacial score (nSPS) is 24.8. The van der Waals surface area contributed by atoms with Crippen molar-refractivity contribution in [2.24, 2.45) is 0 Å². The van der Waals surface area contributed by atoms with Crippen LogP contribution in [0.1, 0.15) is 24.6 Å². The Hall–Kier alpha value is -1.57. The van der Waals surface area contributed by atoms with E-state index in [1.807, 2.05) is 38.1 Å². The molecule has 1 N–H and O–H groups in total. The van der Waals surface area contributed by atoms with Crippen LogP contribution in [0.25, 0.3) is 11.3 Å². The Kier molecular flexibility index (Phi) is 4.49. The fraction of sp³-hybridized carbons (Fsp3) is 0.389. The molecule has 1 aromatic heterocycles. The summed E-state index contributed by atoms with van der Waals surface area (Å²) in [6.07, 6.45) is 1.32. The summed E-state index contributed by atoms with van der Waals surface area (Å²) in [4.78, 5) is 32.1. The number of hydrogen-bond acceptors (Lipinski definition) is 5. The minimum atomic E-state index is -0.428. The van der Waals surface area contributed by atoms with Gasteiger partial charge in [-0.05, 0) is 32.4 Å². The molecule has 0 saturated carbocycles. The number of aryl methyl sites for hydroxylation is 1. The van der Waals surface area contributed by atoms with Crippen LogP contribution in [0.15, 0.2) is 24.3 Å². The molecule has 0 spiro atoms. The van der Waals surface area contributed by atoms with E-state index in [9.17, 15) is 9.59 Å². The van der Waals surface area contributed by atoms with Gasteiger partial charge in [0.2, 0.25) is 11.8 Å². The summed E-state index contributed by atoms with van der Waals surface area (Å²) >= 11 is 9.07. The van der Waals surface area contributed by atoms with Gasteiger partial charge in [-0.15, -0.1) is 23.1 Å². The predicted octanol–water partition coefficient (Wildman–Crippen LogP) is 4.16. The molecular formula is C18H18ClN3O2S2. The molecular weight excluding hydrogens is 390 g/mol. The van der Waals surface area contributed by atoms with E-state index >= 15 is 0 Å². The third-order valence-corrected chi connectivity index (χ3v) is 7.54. The van der Waals surface area contributed by atoms with E-state index in [2.05, 4.69) is 10.3 Å². The van der Waals surface area contributed by atoms with E-state index in [1.54, 1.807) is 16.7 Å². The van der Waals surface area contributed by atoms with Crippen LogP contribution < -0.4 is 5.32 Å². The largest absolute Gasteiger partial charge is 0.315 e. The van der Waals surface area contributed by atoms with Gasteiger partial charge in [-0.1, -0.05) is 23.7 Å². The second-order valence-corrected chi connectivity index (χ2v) is 9.83. The highest BCUT2D eigenvalue weighted by atomic mass is 35.5. The molecule has 136 valence electrons. The highest BCUT2D eigenvalue weighted by Gasteiger charge is 2.52. The summed E-state index contributed by atoms with van der Waals surface area (Å²) in [5.74, 6) is 0.533. The van der Waals surface area contributed by atoms with Gasteiger partial charge >= 0.3 is 0 Å². The maximum atomic E-state index is 12.8. The molecule has 0 bridgehead atoms. The zero-order valence-corrected chi connectivity index (χ0v) is 16.8. The Bertz CT molecular complexity index is 883. The molecule has 4 rings (SSSR count). The Morgan fingerprint density at radius 1 is 1.38 bits per heavy atom. The molecule has 2 unspecified atom stereocenters. The molecule has 1 aromatic carbocycles. The van der Waals surface area contributed by atoms with Crippen LogP contribution in [0.2, 0.25) is 5.02 Å². The minimum Gasteiger partial charge on any atom is -0.315 e. The van der Waals surface area contributed by atoms with Crippen LogP contribution >= 0.6 is 34.7 Å². The van der Waals surface area contributed by atoms with Crippen LogP contribution in [0.5, 0.6) is 0 Å². The Balaban J connectivity index is 1.53. The molecule has 5 nitrogen and oxygen atoms in total. The van der Waals surface area contributed by atoms with Gasteiger partial charge in [-0.2, -0.15) is 0 Å². The summed E-state index contributed by atoms with van der Waals surface area (Å²) in [5.41, 5.74) is 1.80. The second-order valence-electron chi connectivity index (χ2n) is 6.69. The van der Waals surface area contributed by atoms with Crippen molar-refractivity contribution in [3.05, 3.63) is 34.2 Å². The number of rotatable bonds is 3. The Morgan fingerprint density at radius 3 is 2.85 bits per heavy atom. The maximum Gasteiger partial charge on any atom is 0.249 e. The second kappa shape index (κ2) is 6.55. The van der Waals surface area contributed by atoms with E-state index in [0.29, 0.717) is 22.3 Å². The van der Waals surface area contributed by atoms with Crippen LogP contribution in [-0.4, -0.2) is 38.4 Å². The van der Waals surface area contributed by atoms with Crippen LogP contribution in [-0.2, 0) is 9.59 Å². The maximum absolute atomic E-state index is 12.8. The average molecular weight is 408 g/mol. The first kappa shape index (κ1) is 17.8. The number of hydrogen-bond donors (Lipinski definition) is 1. The first-order valence-corrected chi connectivity index (χ1v) is 10.6. The number of halogens is 1. The smallest absolute Gasteiger partial charge is 0.249 e. The zero-order chi connectivity index (χ0) is 18.5. The molecule has 2 atom stereocenters. The van der Waals surface area contributed by atoms with Gasteiger partial charge in [0.15, 0.2) is 5.13 Å². The monoisotopic (exact) mass is 407 g/mol. The number of aromatic nitrogens is 1. The number of carbonyl (C=O) groups excluding carboxylic acids is 2. The number of nitrogens with one attached hydrogen (secondary N) is 1. The number of fused-ring (bicyclic) bond motifs is 1. The van der Waals surface area contributed by atoms with Gasteiger partial charge < -0.3 is 10.2 Å². The number of thioether (sulfide) groups is 1. The van der Waals surface area contributed by atoms with Gasteiger partial charge in [0.05, 0.1) is 10.6 Å². The van der Waals surface area contributed by atoms with E-state index in [0.717, 1.165) is 22.6 Å². The quantitative estimate of drug-likeness (QED) is 0.829. The van der Waals surface area contributed by atoms with Gasteiger partial charge in [0.25, 0.3) is 0 Å². The number of carbonyl (C=O) groups is 2. The van der Waals surface area contributed by atoms with Crippen molar-refractivity contribution in [2.45, 2.75) is 37.6 Å². The lowest BCUT2D eigenvalue weighted by Gasteiger charge is -2.29. The Morgan fingerprint density at radius 2 is 2.12 bits per heavy atom. The number of anilines is 1. The lowest BCUT2D eigenvalue weighted by molar-refractivity contribution is -0.135. The van der Waals surface area contributed by atoms with Gasteiger partial charge in [0.1, 0.15) is 6.04 Å². The molecule has 2 aromatic rings. The number of thiazole rings is 1. The van der Waals surface area contributed by atoms with Gasteiger partial charge in [-0.25, -0.2) is 4.98 Å². The van der Waals surface area contributed by atoms with Crippen molar-refractivity contribution in [1.29, 1.82) is 0 Å². The topological polar surface area (TPSA) is 62.3 Å². The molecule has 26 heavy (non-hydrogen) atoms. The highest BCUT2D eigenvalue weighted by Crippen LogP contribution is 2.47. The van der Waals surface area contributed by atoms with E-state index in [4.69, 9.17) is 11.6 Å². The lowest BCUT2D eigenvalue weighted by Crippen LogP contribution is -2.48. The molecule has 2 saturated heterocycles. The van der Waals surface area contributed by atoms with Crippen molar-refractivity contribution in [2.75, 3.05) is 11.1 Å². The SMILES string of the molecule is Cc1sc(NC(=O)C2CSC3(C)CCC(=O)N23)nc1-c1ccc(Cl)cc1. The predicted molar refractivity (Wildman–Crippen MR) is 107 cm³/mol. The summed E-state index contributed by atoms with van der Waals surface area (Å²) in [6, 6.07) is 7.05. The molecule has 2 amide bonds. The molecule has 3 heterocycles. The summed E-state index contributed by atoms with van der Waals surface area (Å²) in [5, 5.41) is 4.14. The van der Waals surface area contributed by atoms with Gasteiger partial charge in [-0.3, -0.25) is 9.59 Å². The zero-order valence-electron chi connectivity index (χ0n) is 14.4. The standard InChI is InChI=1S/C18H18ClN3O2S2/c1-10-15(11-3-5-12(19)6-4-11)20-17(26-10)21-16(24)13-9-25-18(2)8-7-14(23)22(13)18/h3-6,13H,7-9H2,1-2H3,(H,20,21,24). The minimum absolute atomic E-state index is 0.0647. The number of benzene rings is 1. The number of amides is 2. The van der Waals surface area contributed by atoms with Crippen molar-refractivity contribution >= 4 is 51.6 Å². The first-order valence-electron chi connectivity index (χ1n) is 8.38. The van der Waals surface area contributed by atoms with Crippen molar-refractivity contribution in [3.8, 4) is 11.3 Å². The summed E-state index contributed by atoms with van der Waals surface area (Å²) in [6.45, 7) is 4.02. The van der Waals surface area contributed by atoms with Crippen molar-refractivity contribution in [3.63, 3.8) is 0 Å². The Labute approximate surface area is 165 Å². The number of nitrogens with zero attached hydrogens (tertiary/aromatic N) is 2. The fourth-order valence-electron chi connectivity index (χ4n) is 3.53. The third kappa shape index (κ3) is 3.02. The van der Waals surface area contributed by atoms with Gasteiger partial charge in [0, 0.05) is 27.6 Å². The van der Waals surface area contributed by atoms with E-state index in [1.165, 1.54) is 11.3 Å². The summed E-state index contributed by atoms with van der Waals surface area (Å²) < 4.78 is 0. The fourth-order valence-corrected chi connectivity index (χ4v) is 5.93. The molecule has 8 heteroatoms. The third-order valence-electron chi connectivity index (χ3n) is 4.89. The van der Waals surface area contributed by atoms with Crippen molar-refractivity contribution < 1.29 is 9.59 Å². The lowest BCUT2D eigenvalue weighted by atomic mass is 10.1. The van der Waals surface area contributed by atoms with Crippen LogP contribution in [0, 0.1) is 6.92 Å². The molecule has 2 fully saturated rings. The molecule has 0 radical (unpaired) electrons. The molecule has 0 aliphatic carbocycles. The molecule has 2 aliphatic heterocycles. The van der Waals surface area contributed by atoms with Crippen molar-refractivity contribution in [1.82, 2.24) is 9.88 Å². The molecule has 2 aliphatic rings. The van der Waals surface area contributed by atoms with Crippen LogP contribution in [0.4, 0.5) is 5.13 Å².